The summed E-state index contributed by atoms with van der Waals surface area (Å²) in [6.07, 6.45) is 3.35. The minimum Gasteiger partial charge on any atom is -0.396 e. The molecule has 0 heterocycles. The first kappa shape index (κ1) is 14.3. The van der Waals surface area contributed by atoms with Crippen molar-refractivity contribution in [3.63, 3.8) is 0 Å². The fraction of sp³-hybridized carbons (Fsp3) is 0.538. The van der Waals surface area contributed by atoms with Crippen molar-refractivity contribution in [2.45, 2.75) is 31.1 Å². The number of rotatable bonds is 4. The van der Waals surface area contributed by atoms with Crippen LogP contribution < -0.4 is 10.5 Å². The van der Waals surface area contributed by atoms with Gasteiger partial charge in [0.25, 0.3) is 0 Å². The second-order valence-corrected chi connectivity index (χ2v) is 6.97. The monoisotopic (exact) mass is 286 g/mol. The lowest BCUT2D eigenvalue weighted by Crippen LogP contribution is -2.30. The highest BCUT2D eigenvalue weighted by atomic mass is 32.2. The first-order valence-corrected chi connectivity index (χ1v) is 7.93. The van der Waals surface area contributed by atoms with Gasteiger partial charge in [0.1, 0.15) is 5.82 Å². The lowest BCUT2D eigenvalue weighted by atomic mass is 9.99. The van der Waals surface area contributed by atoms with Crippen molar-refractivity contribution in [3.05, 3.63) is 24.0 Å². The molecule has 0 spiro atoms. The fourth-order valence-corrected chi connectivity index (χ4v) is 3.64. The Morgan fingerprint density at radius 1 is 1.42 bits per heavy atom. The number of nitrogens with two attached hydrogens (primary N) is 1. The van der Waals surface area contributed by atoms with Crippen LogP contribution in [0.15, 0.2) is 23.1 Å². The van der Waals surface area contributed by atoms with Crippen LogP contribution >= 0.6 is 0 Å². The van der Waals surface area contributed by atoms with Gasteiger partial charge in [0.2, 0.25) is 10.0 Å². The van der Waals surface area contributed by atoms with Crippen LogP contribution in [-0.2, 0) is 10.0 Å². The molecule has 0 aromatic heterocycles. The predicted molar refractivity (Wildman–Crippen MR) is 72.5 cm³/mol. The molecule has 0 aliphatic heterocycles. The molecule has 0 bridgehead atoms. The van der Waals surface area contributed by atoms with E-state index in [-0.39, 0.29) is 10.6 Å². The number of anilines is 1. The Hall–Kier alpha value is -1.14. The largest absolute Gasteiger partial charge is 0.396 e. The van der Waals surface area contributed by atoms with Crippen LogP contribution in [0.3, 0.4) is 0 Å². The van der Waals surface area contributed by atoms with Gasteiger partial charge in [-0.05, 0) is 36.5 Å². The summed E-state index contributed by atoms with van der Waals surface area (Å²) in [6, 6.07) is 3.45. The zero-order chi connectivity index (χ0) is 14.0. The summed E-state index contributed by atoms with van der Waals surface area (Å²) < 4.78 is 39.8. The molecule has 1 aromatic carbocycles. The molecule has 4 nitrogen and oxygen atoms in total. The Morgan fingerprint density at radius 3 is 2.74 bits per heavy atom. The zero-order valence-electron chi connectivity index (χ0n) is 10.9. The number of nitrogens with one attached hydrogen (secondary N) is 1. The maximum absolute atomic E-state index is 13.0. The number of hydrogen-bond donors (Lipinski definition) is 2. The molecule has 1 aromatic rings. The third-order valence-corrected chi connectivity index (χ3v) is 5.27. The van der Waals surface area contributed by atoms with Crippen LogP contribution in [0.4, 0.5) is 10.1 Å². The van der Waals surface area contributed by atoms with Gasteiger partial charge in [-0.25, -0.2) is 17.5 Å². The smallest absolute Gasteiger partial charge is 0.240 e. The van der Waals surface area contributed by atoms with Crippen molar-refractivity contribution in [3.8, 4) is 0 Å². The van der Waals surface area contributed by atoms with Crippen LogP contribution in [-0.4, -0.2) is 15.0 Å². The molecule has 1 fully saturated rings. The summed E-state index contributed by atoms with van der Waals surface area (Å²) in [5.41, 5.74) is 5.24. The van der Waals surface area contributed by atoms with Gasteiger partial charge in [0, 0.05) is 6.54 Å². The number of halogens is 1. The molecule has 106 valence electrons. The second kappa shape index (κ2) is 5.46. The van der Waals surface area contributed by atoms with Crippen LogP contribution in [0.1, 0.15) is 26.2 Å². The SMILES string of the molecule is CC1CCCC1CNS(=O)(=O)c1ccc(F)c(N)c1. The third-order valence-electron chi connectivity index (χ3n) is 3.85. The predicted octanol–water partition coefficient (Wildman–Crippen LogP) is 2.12. The molecule has 2 unspecified atom stereocenters. The van der Waals surface area contributed by atoms with Crippen molar-refractivity contribution in [1.29, 1.82) is 0 Å². The van der Waals surface area contributed by atoms with E-state index in [1.54, 1.807) is 0 Å². The molecular formula is C13H19FN2O2S. The number of nitrogen functional groups attached to an aromatic ring is 1. The molecule has 3 N–H and O–H groups in total. The summed E-state index contributed by atoms with van der Waals surface area (Å²) in [4.78, 5) is 0.0112. The number of benzene rings is 1. The van der Waals surface area contributed by atoms with Gasteiger partial charge in [0.15, 0.2) is 0 Å². The van der Waals surface area contributed by atoms with E-state index in [0.29, 0.717) is 18.4 Å². The Kier molecular flexibility index (Phi) is 4.10. The summed E-state index contributed by atoms with van der Waals surface area (Å²) in [5.74, 6) is 0.317. The maximum Gasteiger partial charge on any atom is 0.240 e. The average Bonchev–Trinajstić information content (AvgIpc) is 2.76. The molecule has 19 heavy (non-hydrogen) atoms. The lowest BCUT2D eigenvalue weighted by Gasteiger charge is -2.16. The maximum atomic E-state index is 13.0. The highest BCUT2D eigenvalue weighted by Gasteiger charge is 2.25. The summed E-state index contributed by atoms with van der Waals surface area (Å²) >= 11 is 0. The molecule has 0 saturated heterocycles. The van der Waals surface area contributed by atoms with E-state index in [4.69, 9.17) is 5.73 Å². The van der Waals surface area contributed by atoms with E-state index in [1.165, 1.54) is 6.07 Å². The summed E-state index contributed by atoms with van der Waals surface area (Å²) in [5, 5.41) is 0. The molecule has 1 aliphatic carbocycles. The van der Waals surface area contributed by atoms with Gasteiger partial charge in [-0.2, -0.15) is 0 Å². The molecular weight excluding hydrogens is 267 g/mol. The first-order chi connectivity index (χ1) is 8.90. The van der Waals surface area contributed by atoms with E-state index in [1.807, 2.05) is 0 Å². The van der Waals surface area contributed by atoms with Crippen molar-refractivity contribution in [1.82, 2.24) is 4.72 Å². The Labute approximate surface area is 113 Å². The van der Waals surface area contributed by atoms with Crippen molar-refractivity contribution in [2.75, 3.05) is 12.3 Å². The van der Waals surface area contributed by atoms with Crippen LogP contribution in [0.25, 0.3) is 0 Å². The highest BCUT2D eigenvalue weighted by Crippen LogP contribution is 2.30. The first-order valence-electron chi connectivity index (χ1n) is 6.45. The van der Waals surface area contributed by atoms with E-state index >= 15 is 0 Å². The number of hydrogen-bond acceptors (Lipinski definition) is 3. The van der Waals surface area contributed by atoms with Gasteiger partial charge in [-0.15, -0.1) is 0 Å². The lowest BCUT2D eigenvalue weighted by molar-refractivity contribution is 0.414. The van der Waals surface area contributed by atoms with Crippen LogP contribution in [0.2, 0.25) is 0 Å². The molecule has 6 heteroatoms. The minimum absolute atomic E-state index is 0.0112. The molecule has 1 saturated carbocycles. The molecule has 2 rings (SSSR count). The summed E-state index contributed by atoms with van der Waals surface area (Å²) in [6.45, 7) is 2.57. The quantitative estimate of drug-likeness (QED) is 0.833. The normalized spacial score (nSPS) is 23.7. The Bertz CT molecular complexity index is 560. The van der Waals surface area contributed by atoms with Gasteiger partial charge in [0.05, 0.1) is 10.6 Å². The van der Waals surface area contributed by atoms with E-state index in [0.717, 1.165) is 31.4 Å². The minimum atomic E-state index is -3.61. The van der Waals surface area contributed by atoms with Gasteiger partial charge >= 0.3 is 0 Å². The Morgan fingerprint density at radius 2 is 2.16 bits per heavy atom. The van der Waals surface area contributed by atoms with E-state index in [9.17, 15) is 12.8 Å². The van der Waals surface area contributed by atoms with E-state index < -0.39 is 15.8 Å². The molecule has 1 aliphatic rings. The fourth-order valence-electron chi connectivity index (χ4n) is 2.51. The topological polar surface area (TPSA) is 72.2 Å². The van der Waals surface area contributed by atoms with Crippen molar-refractivity contribution in [2.24, 2.45) is 11.8 Å². The van der Waals surface area contributed by atoms with Gasteiger partial charge in [-0.3, -0.25) is 0 Å². The Balaban J connectivity index is 2.07. The van der Waals surface area contributed by atoms with Crippen molar-refractivity contribution >= 4 is 15.7 Å². The van der Waals surface area contributed by atoms with Crippen LogP contribution in [0.5, 0.6) is 0 Å². The van der Waals surface area contributed by atoms with Gasteiger partial charge < -0.3 is 5.73 Å². The molecule has 0 amide bonds. The van der Waals surface area contributed by atoms with E-state index in [2.05, 4.69) is 11.6 Å². The number of sulfonamides is 1. The van der Waals surface area contributed by atoms with Crippen LogP contribution in [0, 0.1) is 17.7 Å². The zero-order valence-corrected chi connectivity index (χ0v) is 11.7. The highest BCUT2D eigenvalue weighted by molar-refractivity contribution is 7.89. The second-order valence-electron chi connectivity index (χ2n) is 5.20. The summed E-state index contributed by atoms with van der Waals surface area (Å²) in [7, 11) is -3.61. The average molecular weight is 286 g/mol. The molecule has 0 radical (unpaired) electrons. The van der Waals surface area contributed by atoms with Gasteiger partial charge in [-0.1, -0.05) is 19.8 Å². The third kappa shape index (κ3) is 3.25. The van der Waals surface area contributed by atoms with Crippen molar-refractivity contribution < 1.29 is 12.8 Å². The molecule has 2 atom stereocenters. The standard InChI is InChI=1S/C13H19FN2O2S/c1-9-3-2-4-10(9)8-16-19(17,18)11-5-6-12(14)13(15)7-11/h5-7,9-10,16H,2-4,8,15H2,1H3.